The molecule has 0 spiro atoms. The van der Waals surface area contributed by atoms with Crippen LogP contribution in [-0.2, 0) is 0 Å². The smallest absolute Gasteiger partial charge is 0.339 e. The van der Waals surface area contributed by atoms with Crippen molar-refractivity contribution in [1.29, 1.82) is 0 Å². The van der Waals surface area contributed by atoms with E-state index in [1.54, 1.807) is 12.1 Å². The Balaban J connectivity index is 2.23. The number of carboxylic acid groups (broad SMARTS) is 1. The number of benzene rings is 2. The Morgan fingerprint density at radius 3 is 2.43 bits per heavy atom. The second-order valence-electron chi connectivity index (χ2n) is 4.51. The number of anilines is 1. The summed E-state index contributed by atoms with van der Waals surface area (Å²) in [5, 5.41) is 21.0. The number of rotatable bonds is 3. The second kappa shape index (κ2) is 5.97. The normalized spacial score (nSPS) is 10.2. The first-order valence-electron chi connectivity index (χ1n) is 6.01. The molecule has 2 aromatic carbocycles. The van der Waals surface area contributed by atoms with Crippen molar-refractivity contribution in [3.63, 3.8) is 0 Å². The van der Waals surface area contributed by atoms with Crippen molar-refractivity contribution in [1.82, 2.24) is 0 Å². The number of nitrogens with one attached hydrogen (secondary N) is 1. The van der Waals surface area contributed by atoms with Gasteiger partial charge in [0.15, 0.2) is 0 Å². The Bertz CT molecular complexity index is 707. The van der Waals surface area contributed by atoms with Gasteiger partial charge in [0.25, 0.3) is 5.91 Å². The van der Waals surface area contributed by atoms with Gasteiger partial charge in [0.05, 0.1) is 0 Å². The number of hydrogen-bond acceptors (Lipinski definition) is 3. The fourth-order valence-corrected chi connectivity index (χ4v) is 2.47. The highest BCUT2D eigenvalue weighted by molar-refractivity contribution is 9.10. The molecule has 0 fully saturated rings. The maximum Gasteiger partial charge on any atom is 0.339 e. The number of phenols is 1. The van der Waals surface area contributed by atoms with E-state index in [9.17, 15) is 14.7 Å². The maximum absolute atomic E-state index is 12.1. The molecule has 0 unspecified atom stereocenters. The summed E-state index contributed by atoms with van der Waals surface area (Å²) in [6, 6.07) is 9.14. The van der Waals surface area contributed by atoms with Gasteiger partial charge in [0.2, 0.25) is 0 Å². The zero-order valence-corrected chi connectivity index (χ0v) is 12.6. The number of halogens is 1. The fourth-order valence-electron chi connectivity index (χ4n) is 1.86. The van der Waals surface area contributed by atoms with Crippen molar-refractivity contribution < 1.29 is 19.8 Å². The summed E-state index contributed by atoms with van der Waals surface area (Å²) in [5.41, 5.74) is 1.49. The van der Waals surface area contributed by atoms with Gasteiger partial charge in [0.1, 0.15) is 11.3 Å². The highest BCUT2D eigenvalue weighted by atomic mass is 79.9. The van der Waals surface area contributed by atoms with E-state index in [0.717, 1.165) is 10.0 Å². The van der Waals surface area contributed by atoms with Crippen LogP contribution in [0.15, 0.2) is 40.9 Å². The van der Waals surface area contributed by atoms with E-state index >= 15 is 0 Å². The molecular weight excluding hydrogens is 338 g/mol. The lowest BCUT2D eigenvalue weighted by atomic mass is 10.1. The van der Waals surface area contributed by atoms with Crippen LogP contribution in [0.25, 0.3) is 0 Å². The van der Waals surface area contributed by atoms with Gasteiger partial charge in [-0.2, -0.15) is 0 Å². The summed E-state index contributed by atoms with van der Waals surface area (Å²) in [6.07, 6.45) is 0. The minimum Gasteiger partial charge on any atom is -0.507 e. The molecule has 0 radical (unpaired) electrons. The average molecular weight is 350 g/mol. The summed E-state index contributed by atoms with van der Waals surface area (Å²) in [4.78, 5) is 22.9. The van der Waals surface area contributed by atoms with Gasteiger partial charge < -0.3 is 15.5 Å². The molecule has 0 aromatic heterocycles. The maximum atomic E-state index is 12.1. The Morgan fingerprint density at radius 2 is 1.86 bits per heavy atom. The van der Waals surface area contributed by atoms with Crippen LogP contribution in [0.2, 0.25) is 0 Å². The van der Waals surface area contributed by atoms with Crippen LogP contribution < -0.4 is 5.32 Å². The second-order valence-corrected chi connectivity index (χ2v) is 5.42. The lowest BCUT2D eigenvalue weighted by Crippen LogP contribution is -2.12. The summed E-state index contributed by atoms with van der Waals surface area (Å²) in [7, 11) is 0. The molecule has 0 saturated heterocycles. The van der Waals surface area contributed by atoms with Crippen LogP contribution in [0, 0.1) is 6.92 Å². The zero-order valence-electron chi connectivity index (χ0n) is 11.1. The highest BCUT2D eigenvalue weighted by Crippen LogP contribution is 2.23. The minimum atomic E-state index is -1.23. The van der Waals surface area contributed by atoms with Crippen molar-refractivity contribution in [2.24, 2.45) is 0 Å². The predicted octanol–water partition coefficient (Wildman–Crippen LogP) is 3.41. The molecule has 21 heavy (non-hydrogen) atoms. The molecule has 2 rings (SSSR count). The molecule has 0 aliphatic rings. The quantitative estimate of drug-likeness (QED) is 0.792. The van der Waals surface area contributed by atoms with Crippen molar-refractivity contribution in [2.75, 3.05) is 5.32 Å². The van der Waals surface area contributed by atoms with Crippen LogP contribution >= 0.6 is 15.9 Å². The first-order valence-corrected chi connectivity index (χ1v) is 6.81. The van der Waals surface area contributed by atoms with Gasteiger partial charge in [0, 0.05) is 21.8 Å². The molecular formula is C15H12BrNO4. The third-order valence-corrected chi connectivity index (χ3v) is 3.25. The molecule has 0 aliphatic heterocycles. The van der Waals surface area contributed by atoms with E-state index in [-0.39, 0.29) is 11.5 Å². The number of aromatic carboxylic acids is 1. The van der Waals surface area contributed by atoms with Crippen LogP contribution in [0.4, 0.5) is 5.69 Å². The number of amides is 1. The van der Waals surface area contributed by atoms with Gasteiger partial charge in [-0.25, -0.2) is 4.79 Å². The third kappa shape index (κ3) is 3.61. The molecule has 1 amide bonds. The van der Waals surface area contributed by atoms with Crippen LogP contribution in [0.1, 0.15) is 26.3 Å². The summed E-state index contributed by atoms with van der Waals surface area (Å²) >= 11 is 3.32. The molecule has 6 heteroatoms. The first-order chi connectivity index (χ1) is 9.86. The van der Waals surface area contributed by atoms with Gasteiger partial charge in [-0.3, -0.25) is 4.79 Å². The minimum absolute atomic E-state index is 0.216. The Labute approximate surface area is 129 Å². The van der Waals surface area contributed by atoms with Gasteiger partial charge >= 0.3 is 5.97 Å². The molecule has 0 atom stereocenters. The predicted molar refractivity (Wildman–Crippen MR) is 81.9 cm³/mol. The molecule has 0 aliphatic carbocycles. The highest BCUT2D eigenvalue weighted by Gasteiger charge is 2.12. The van der Waals surface area contributed by atoms with Crippen LogP contribution in [0.5, 0.6) is 5.75 Å². The standard InChI is InChI=1S/C15H12BrNO4/c1-8-4-9(6-10(16)5-8)14(19)17-11-2-3-12(15(20)21)13(18)7-11/h2-7,18H,1H3,(H,17,19)(H,20,21). The van der Waals surface area contributed by atoms with Gasteiger partial charge in [-0.15, -0.1) is 0 Å². The Kier molecular flexibility index (Phi) is 4.28. The number of carbonyl (C=O) groups excluding carboxylic acids is 1. The number of aryl methyl sites for hydroxylation is 1. The van der Waals surface area contributed by atoms with Gasteiger partial charge in [-0.05, 0) is 42.8 Å². The molecule has 108 valence electrons. The van der Waals surface area contributed by atoms with E-state index in [4.69, 9.17) is 5.11 Å². The first kappa shape index (κ1) is 15.1. The summed E-state index contributed by atoms with van der Waals surface area (Å²) in [6.45, 7) is 1.87. The van der Waals surface area contributed by atoms with Crippen LogP contribution in [-0.4, -0.2) is 22.1 Å². The lowest BCUT2D eigenvalue weighted by molar-refractivity contribution is 0.0693. The number of aromatic hydroxyl groups is 1. The summed E-state index contributed by atoms with van der Waals surface area (Å²) < 4.78 is 0.789. The number of carboxylic acids is 1. The van der Waals surface area contributed by atoms with E-state index in [1.807, 2.05) is 13.0 Å². The SMILES string of the molecule is Cc1cc(Br)cc(C(=O)Nc2ccc(C(=O)O)c(O)c2)c1. The van der Waals surface area contributed by atoms with Crippen LogP contribution in [0.3, 0.4) is 0 Å². The van der Waals surface area contributed by atoms with E-state index in [1.165, 1.54) is 18.2 Å². The Hall–Kier alpha value is -2.34. The molecule has 5 nitrogen and oxygen atoms in total. The van der Waals surface area contributed by atoms with Gasteiger partial charge in [-0.1, -0.05) is 15.9 Å². The number of hydrogen-bond donors (Lipinski definition) is 3. The van der Waals surface area contributed by atoms with Crippen molar-refractivity contribution in [3.8, 4) is 5.75 Å². The van der Waals surface area contributed by atoms with Crippen molar-refractivity contribution in [3.05, 3.63) is 57.6 Å². The van der Waals surface area contributed by atoms with Crippen molar-refractivity contribution >= 4 is 33.5 Å². The zero-order chi connectivity index (χ0) is 15.6. The summed E-state index contributed by atoms with van der Waals surface area (Å²) in [5.74, 6) is -1.97. The monoisotopic (exact) mass is 349 g/mol. The van der Waals surface area contributed by atoms with Crippen molar-refractivity contribution in [2.45, 2.75) is 6.92 Å². The van der Waals surface area contributed by atoms with E-state index in [2.05, 4.69) is 21.2 Å². The molecule has 0 heterocycles. The fraction of sp³-hybridized carbons (Fsp3) is 0.0667. The molecule has 2 aromatic rings. The Morgan fingerprint density at radius 1 is 1.14 bits per heavy atom. The largest absolute Gasteiger partial charge is 0.507 e. The van der Waals surface area contributed by atoms with E-state index < -0.39 is 11.7 Å². The lowest BCUT2D eigenvalue weighted by Gasteiger charge is -2.08. The van der Waals surface area contributed by atoms with E-state index in [0.29, 0.717) is 11.3 Å². The third-order valence-electron chi connectivity index (χ3n) is 2.79. The average Bonchev–Trinajstić information content (AvgIpc) is 2.37. The topological polar surface area (TPSA) is 86.6 Å². The molecule has 0 saturated carbocycles. The number of carbonyl (C=O) groups is 2. The molecule has 3 N–H and O–H groups in total. The molecule has 0 bridgehead atoms.